The minimum absolute atomic E-state index is 0.0580. The van der Waals surface area contributed by atoms with E-state index in [0.717, 1.165) is 17.0 Å². The SMILES string of the molecule is COc1cccc(-c2nnc(SC(C)C(=O)c3[nH]c(C)c(C(C)=O)c3C)n2-c2ccccc2)c1. The van der Waals surface area contributed by atoms with E-state index < -0.39 is 5.25 Å². The third-order valence-electron chi connectivity index (χ3n) is 5.66. The zero-order valence-electron chi connectivity index (χ0n) is 19.7. The van der Waals surface area contributed by atoms with Gasteiger partial charge in [-0.1, -0.05) is 42.1 Å². The summed E-state index contributed by atoms with van der Waals surface area (Å²) in [6, 6.07) is 17.4. The van der Waals surface area contributed by atoms with Gasteiger partial charge < -0.3 is 9.72 Å². The molecule has 0 saturated heterocycles. The van der Waals surface area contributed by atoms with Crippen LogP contribution in [0.15, 0.2) is 59.8 Å². The summed E-state index contributed by atoms with van der Waals surface area (Å²) >= 11 is 1.33. The summed E-state index contributed by atoms with van der Waals surface area (Å²) in [6.45, 7) is 6.96. The summed E-state index contributed by atoms with van der Waals surface area (Å²) in [5.74, 6) is 1.22. The van der Waals surface area contributed by atoms with Gasteiger partial charge in [0, 0.05) is 22.5 Å². The molecule has 174 valence electrons. The molecule has 34 heavy (non-hydrogen) atoms. The molecule has 2 aromatic heterocycles. The minimum Gasteiger partial charge on any atom is -0.497 e. The van der Waals surface area contributed by atoms with Gasteiger partial charge in [-0.05, 0) is 57.5 Å². The number of ether oxygens (including phenoxy) is 1. The van der Waals surface area contributed by atoms with Crippen LogP contribution < -0.4 is 4.74 Å². The highest BCUT2D eigenvalue weighted by Crippen LogP contribution is 2.33. The quantitative estimate of drug-likeness (QED) is 0.270. The Balaban J connectivity index is 1.72. The molecule has 0 aliphatic rings. The number of hydrogen-bond acceptors (Lipinski definition) is 6. The number of aromatic amines is 1. The van der Waals surface area contributed by atoms with Crippen molar-refractivity contribution in [1.29, 1.82) is 0 Å². The molecule has 1 unspecified atom stereocenters. The number of H-pyrrole nitrogens is 1. The maximum atomic E-state index is 13.3. The molecule has 1 atom stereocenters. The molecule has 0 fully saturated rings. The molecule has 8 heteroatoms. The van der Waals surface area contributed by atoms with Crippen LogP contribution in [0.5, 0.6) is 5.75 Å². The average Bonchev–Trinajstić information content (AvgIpc) is 3.39. The monoisotopic (exact) mass is 474 g/mol. The average molecular weight is 475 g/mol. The zero-order valence-corrected chi connectivity index (χ0v) is 20.6. The van der Waals surface area contributed by atoms with Crippen LogP contribution in [0.25, 0.3) is 17.1 Å². The number of thioether (sulfide) groups is 1. The van der Waals surface area contributed by atoms with Gasteiger partial charge >= 0.3 is 0 Å². The number of nitrogens with zero attached hydrogens (tertiary/aromatic N) is 3. The predicted octanol–water partition coefficient (Wildman–Crippen LogP) is 5.45. The molecule has 0 bridgehead atoms. The molecule has 0 radical (unpaired) electrons. The molecule has 7 nitrogen and oxygen atoms in total. The van der Waals surface area contributed by atoms with E-state index in [1.807, 2.05) is 73.0 Å². The Morgan fingerprint density at radius 1 is 1.06 bits per heavy atom. The van der Waals surface area contributed by atoms with Crippen molar-refractivity contribution in [2.45, 2.75) is 38.1 Å². The summed E-state index contributed by atoms with van der Waals surface area (Å²) in [5.41, 5.74) is 4.17. The molecule has 2 heterocycles. The highest BCUT2D eigenvalue weighted by molar-refractivity contribution is 8.00. The number of aromatic nitrogens is 4. The number of aryl methyl sites for hydroxylation is 1. The standard InChI is InChI=1S/C26H26N4O3S/c1-15-22(17(3)31)16(2)27-23(15)24(32)18(4)34-26-29-28-25(19-10-9-13-21(14-19)33-5)30(26)20-11-7-6-8-12-20/h6-14,18,27H,1-5H3. The van der Waals surface area contributed by atoms with Gasteiger partial charge in [0.2, 0.25) is 0 Å². The van der Waals surface area contributed by atoms with E-state index in [-0.39, 0.29) is 11.6 Å². The Kier molecular flexibility index (Phi) is 6.70. The van der Waals surface area contributed by atoms with E-state index in [1.165, 1.54) is 18.7 Å². The molecule has 0 aliphatic carbocycles. The van der Waals surface area contributed by atoms with E-state index in [2.05, 4.69) is 15.2 Å². The number of hydrogen-bond donors (Lipinski definition) is 1. The van der Waals surface area contributed by atoms with Gasteiger partial charge in [0.05, 0.1) is 18.1 Å². The minimum atomic E-state index is -0.457. The summed E-state index contributed by atoms with van der Waals surface area (Å²) < 4.78 is 7.32. The second-order valence-electron chi connectivity index (χ2n) is 8.01. The van der Waals surface area contributed by atoms with E-state index in [9.17, 15) is 9.59 Å². The number of Topliss-reactive ketones (excluding diaryl/α,β-unsaturated/α-hetero) is 2. The van der Waals surface area contributed by atoms with E-state index in [4.69, 9.17) is 4.74 Å². The number of carbonyl (C=O) groups excluding carboxylic acids is 2. The lowest BCUT2D eigenvalue weighted by atomic mass is 10.0. The molecular formula is C26H26N4O3S. The second kappa shape index (κ2) is 9.69. The van der Waals surface area contributed by atoms with Crippen LogP contribution in [-0.2, 0) is 0 Å². The van der Waals surface area contributed by atoms with Crippen molar-refractivity contribution in [3.63, 3.8) is 0 Å². The first-order chi connectivity index (χ1) is 16.3. The van der Waals surface area contributed by atoms with Crippen LogP contribution in [0.4, 0.5) is 0 Å². The second-order valence-corrected chi connectivity index (χ2v) is 9.32. The van der Waals surface area contributed by atoms with Crippen LogP contribution >= 0.6 is 11.8 Å². The van der Waals surface area contributed by atoms with Crippen LogP contribution in [0.3, 0.4) is 0 Å². The summed E-state index contributed by atoms with van der Waals surface area (Å²) in [6.07, 6.45) is 0. The van der Waals surface area contributed by atoms with Gasteiger partial charge in [-0.3, -0.25) is 14.2 Å². The number of rotatable bonds is 8. The molecule has 4 aromatic rings. The largest absolute Gasteiger partial charge is 0.497 e. The third-order valence-corrected chi connectivity index (χ3v) is 6.71. The lowest BCUT2D eigenvalue weighted by molar-refractivity contribution is 0.0988. The Morgan fingerprint density at radius 2 is 1.79 bits per heavy atom. The number of nitrogens with one attached hydrogen (secondary N) is 1. The highest BCUT2D eigenvalue weighted by atomic mass is 32.2. The van der Waals surface area contributed by atoms with Crippen molar-refractivity contribution >= 4 is 23.3 Å². The van der Waals surface area contributed by atoms with Crippen molar-refractivity contribution in [1.82, 2.24) is 19.7 Å². The molecule has 2 aromatic carbocycles. The van der Waals surface area contributed by atoms with Gasteiger partial charge in [-0.2, -0.15) is 0 Å². The van der Waals surface area contributed by atoms with Crippen molar-refractivity contribution in [2.75, 3.05) is 7.11 Å². The lowest BCUT2D eigenvalue weighted by Gasteiger charge is -2.13. The summed E-state index contributed by atoms with van der Waals surface area (Å²) in [4.78, 5) is 28.4. The number of ketones is 2. The normalized spacial score (nSPS) is 11.9. The Morgan fingerprint density at radius 3 is 2.44 bits per heavy atom. The highest BCUT2D eigenvalue weighted by Gasteiger charge is 2.27. The van der Waals surface area contributed by atoms with Crippen molar-refractivity contribution in [2.24, 2.45) is 0 Å². The van der Waals surface area contributed by atoms with Crippen molar-refractivity contribution < 1.29 is 14.3 Å². The summed E-state index contributed by atoms with van der Waals surface area (Å²) in [7, 11) is 1.62. The molecule has 0 spiro atoms. The van der Waals surface area contributed by atoms with Crippen LogP contribution in [0, 0.1) is 13.8 Å². The van der Waals surface area contributed by atoms with Crippen LogP contribution in [0.2, 0.25) is 0 Å². The fourth-order valence-electron chi connectivity index (χ4n) is 4.04. The topological polar surface area (TPSA) is 89.9 Å². The molecule has 4 rings (SSSR count). The van der Waals surface area contributed by atoms with Gasteiger partial charge in [0.15, 0.2) is 22.5 Å². The van der Waals surface area contributed by atoms with Gasteiger partial charge in [-0.25, -0.2) is 0 Å². The Labute approximate surface area is 202 Å². The van der Waals surface area contributed by atoms with Gasteiger partial charge in [-0.15, -0.1) is 10.2 Å². The fraction of sp³-hybridized carbons (Fsp3) is 0.231. The first-order valence-corrected chi connectivity index (χ1v) is 11.8. The van der Waals surface area contributed by atoms with E-state index in [0.29, 0.717) is 33.5 Å². The first kappa shape index (κ1) is 23.5. The van der Waals surface area contributed by atoms with Gasteiger partial charge in [0.1, 0.15) is 5.75 Å². The smallest absolute Gasteiger partial charge is 0.196 e. The molecule has 0 aliphatic heterocycles. The molecular weight excluding hydrogens is 448 g/mol. The number of para-hydroxylation sites is 1. The van der Waals surface area contributed by atoms with E-state index in [1.54, 1.807) is 14.0 Å². The zero-order chi connectivity index (χ0) is 24.4. The number of carbonyl (C=O) groups is 2. The third kappa shape index (κ3) is 4.41. The Hall–Kier alpha value is -3.65. The molecule has 0 amide bonds. The molecule has 0 saturated carbocycles. The first-order valence-electron chi connectivity index (χ1n) is 10.9. The fourth-order valence-corrected chi connectivity index (χ4v) is 4.97. The lowest BCUT2D eigenvalue weighted by Crippen LogP contribution is -2.16. The van der Waals surface area contributed by atoms with Crippen LogP contribution in [0.1, 0.15) is 46.0 Å². The van der Waals surface area contributed by atoms with E-state index >= 15 is 0 Å². The number of benzene rings is 2. The molecule has 1 N–H and O–H groups in total. The Bertz CT molecular complexity index is 1360. The van der Waals surface area contributed by atoms with Crippen molar-refractivity contribution in [3.05, 3.63) is 77.1 Å². The van der Waals surface area contributed by atoms with Crippen LogP contribution in [-0.4, -0.2) is 43.7 Å². The maximum absolute atomic E-state index is 13.3. The number of methoxy groups -OCH3 is 1. The summed E-state index contributed by atoms with van der Waals surface area (Å²) in [5, 5.41) is 9.03. The van der Waals surface area contributed by atoms with Crippen molar-refractivity contribution in [3.8, 4) is 22.8 Å². The predicted molar refractivity (Wildman–Crippen MR) is 133 cm³/mol. The van der Waals surface area contributed by atoms with Gasteiger partial charge in [0.25, 0.3) is 0 Å². The maximum Gasteiger partial charge on any atom is 0.196 e.